The first-order valence-corrected chi connectivity index (χ1v) is 9.70. The van der Waals surface area contributed by atoms with Crippen LogP contribution in [0.25, 0.3) is 11.3 Å². The van der Waals surface area contributed by atoms with Gasteiger partial charge in [-0.2, -0.15) is 0 Å². The molecule has 6 heteroatoms. The van der Waals surface area contributed by atoms with Crippen LogP contribution in [0.4, 0.5) is 5.69 Å². The normalized spacial score (nSPS) is 10.7. The van der Waals surface area contributed by atoms with Crippen LogP contribution in [-0.4, -0.2) is 11.0 Å². The van der Waals surface area contributed by atoms with Crippen LogP contribution in [0.15, 0.2) is 52.9 Å². The summed E-state index contributed by atoms with van der Waals surface area (Å²) in [4.78, 5) is 12.7. The predicted molar refractivity (Wildman–Crippen MR) is 115 cm³/mol. The van der Waals surface area contributed by atoms with E-state index in [2.05, 4.69) is 50.5 Å². The maximum atomic E-state index is 12.7. The zero-order chi connectivity index (χ0) is 18.0. The van der Waals surface area contributed by atoms with E-state index in [-0.39, 0.29) is 12.5 Å². The maximum Gasteiger partial charge on any atom is 0.256 e. The van der Waals surface area contributed by atoms with Crippen molar-refractivity contribution in [2.45, 2.75) is 13.5 Å². The Kier molecular flexibility index (Phi) is 5.80. The van der Waals surface area contributed by atoms with Crippen LogP contribution < -0.4 is 5.32 Å². The maximum absolute atomic E-state index is 12.7. The van der Waals surface area contributed by atoms with Gasteiger partial charge in [-0.3, -0.25) is 4.79 Å². The lowest BCUT2D eigenvalue weighted by molar-refractivity contribution is 0.102. The van der Waals surface area contributed by atoms with Gasteiger partial charge in [0.25, 0.3) is 5.91 Å². The highest BCUT2D eigenvalue weighted by atomic mass is 127. The molecular formula is C19H15I2NO3. The molecule has 1 aromatic heterocycles. The minimum Gasteiger partial charge on any atom is -0.459 e. The van der Waals surface area contributed by atoms with Crippen LogP contribution in [0, 0.1) is 14.1 Å². The molecule has 25 heavy (non-hydrogen) atoms. The summed E-state index contributed by atoms with van der Waals surface area (Å²) in [5, 5.41) is 12.1. The van der Waals surface area contributed by atoms with Crippen molar-refractivity contribution < 1.29 is 14.3 Å². The van der Waals surface area contributed by atoms with Crippen LogP contribution in [0.5, 0.6) is 0 Å². The van der Waals surface area contributed by atoms with E-state index in [9.17, 15) is 4.79 Å². The fraction of sp³-hybridized carbons (Fsp3) is 0.105. The van der Waals surface area contributed by atoms with Crippen LogP contribution in [0.1, 0.15) is 21.7 Å². The molecule has 3 rings (SSSR count). The Morgan fingerprint density at radius 2 is 1.92 bits per heavy atom. The Balaban J connectivity index is 1.90. The van der Waals surface area contributed by atoms with Crippen molar-refractivity contribution in [3.05, 3.63) is 72.6 Å². The second-order valence-electron chi connectivity index (χ2n) is 5.53. The molecule has 2 aromatic carbocycles. The van der Waals surface area contributed by atoms with E-state index in [1.54, 1.807) is 6.07 Å². The lowest BCUT2D eigenvalue weighted by atomic mass is 10.1. The van der Waals surface area contributed by atoms with Gasteiger partial charge in [0.15, 0.2) is 0 Å². The number of hydrogen-bond acceptors (Lipinski definition) is 3. The molecule has 0 atom stereocenters. The van der Waals surface area contributed by atoms with Gasteiger partial charge in [0, 0.05) is 18.4 Å². The highest BCUT2D eigenvalue weighted by Gasteiger charge is 2.13. The minimum absolute atomic E-state index is 0.138. The van der Waals surface area contributed by atoms with Crippen molar-refractivity contribution in [2.24, 2.45) is 0 Å². The standard InChI is InChI=1S/C19H15I2NO3/c1-11-2-3-12(18-7-5-14(10-23)25-18)8-17(11)22-19(24)15-9-13(20)4-6-16(15)21/h2-9,23H,10H2,1H3,(H,22,24). The van der Waals surface area contributed by atoms with Crippen LogP contribution in [0.3, 0.4) is 0 Å². The third-order valence-electron chi connectivity index (χ3n) is 3.76. The topological polar surface area (TPSA) is 62.5 Å². The highest BCUT2D eigenvalue weighted by molar-refractivity contribution is 14.1. The molecule has 3 aromatic rings. The molecule has 0 aliphatic carbocycles. The van der Waals surface area contributed by atoms with Gasteiger partial charge in [0.2, 0.25) is 0 Å². The SMILES string of the molecule is Cc1ccc(-c2ccc(CO)o2)cc1NC(=O)c1cc(I)ccc1I. The van der Waals surface area contributed by atoms with Gasteiger partial charge in [-0.1, -0.05) is 12.1 Å². The average molecular weight is 559 g/mol. The fourth-order valence-corrected chi connectivity index (χ4v) is 3.46. The minimum atomic E-state index is -0.140. The molecule has 4 nitrogen and oxygen atoms in total. The summed E-state index contributed by atoms with van der Waals surface area (Å²) in [6.45, 7) is 1.81. The van der Waals surface area contributed by atoms with E-state index in [4.69, 9.17) is 9.52 Å². The number of furan rings is 1. The largest absolute Gasteiger partial charge is 0.459 e. The van der Waals surface area contributed by atoms with Gasteiger partial charge in [0.05, 0.1) is 5.56 Å². The van der Waals surface area contributed by atoms with Gasteiger partial charge >= 0.3 is 0 Å². The van der Waals surface area contributed by atoms with Gasteiger partial charge in [-0.05, 0) is 94.1 Å². The summed E-state index contributed by atoms with van der Waals surface area (Å²) in [6.07, 6.45) is 0. The molecule has 0 spiro atoms. The van der Waals surface area contributed by atoms with Crippen LogP contribution in [0.2, 0.25) is 0 Å². The molecule has 1 heterocycles. The number of carbonyl (C=O) groups excluding carboxylic acids is 1. The molecule has 0 saturated carbocycles. The van der Waals surface area contributed by atoms with Gasteiger partial charge in [-0.25, -0.2) is 0 Å². The summed E-state index contributed by atoms with van der Waals surface area (Å²) in [7, 11) is 0. The zero-order valence-electron chi connectivity index (χ0n) is 13.3. The lowest BCUT2D eigenvalue weighted by Gasteiger charge is -2.11. The monoisotopic (exact) mass is 559 g/mol. The first-order chi connectivity index (χ1) is 12.0. The number of rotatable bonds is 4. The number of aliphatic hydroxyl groups excluding tert-OH is 1. The van der Waals surface area contributed by atoms with E-state index in [0.29, 0.717) is 17.1 Å². The van der Waals surface area contributed by atoms with E-state index < -0.39 is 0 Å². The number of aryl methyl sites for hydroxylation is 1. The fourth-order valence-electron chi connectivity index (χ4n) is 2.39. The Morgan fingerprint density at radius 1 is 1.12 bits per heavy atom. The number of carbonyl (C=O) groups is 1. The molecule has 0 aliphatic rings. The highest BCUT2D eigenvalue weighted by Crippen LogP contribution is 2.28. The molecule has 2 N–H and O–H groups in total. The van der Waals surface area contributed by atoms with Gasteiger partial charge < -0.3 is 14.8 Å². The molecule has 0 fully saturated rings. The van der Waals surface area contributed by atoms with E-state index in [0.717, 1.165) is 24.0 Å². The molecule has 0 aliphatic heterocycles. The smallest absolute Gasteiger partial charge is 0.256 e. The molecular weight excluding hydrogens is 544 g/mol. The number of nitrogens with one attached hydrogen (secondary N) is 1. The molecule has 0 saturated heterocycles. The van der Waals surface area contributed by atoms with Crippen molar-refractivity contribution >= 4 is 56.8 Å². The van der Waals surface area contributed by atoms with Crippen molar-refractivity contribution in [3.8, 4) is 11.3 Å². The lowest BCUT2D eigenvalue weighted by Crippen LogP contribution is -2.14. The number of benzene rings is 2. The number of amides is 1. The van der Waals surface area contributed by atoms with Crippen molar-refractivity contribution in [1.82, 2.24) is 0 Å². The summed E-state index contributed by atoms with van der Waals surface area (Å²) >= 11 is 4.36. The van der Waals surface area contributed by atoms with Crippen molar-refractivity contribution in [2.75, 3.05) is 5.32 Å². The number of hydrogen-bond donors (Lipinski definition) is 2. The average Bonchev–Trinajstić information content (AvgIpc) is 3.08. The first kappa shape index (κ1) is 18.4. The van der Waals surface area contributed by atoms with Crippen LogP contribution >= 0.6 is 45.2 Å². The van der Waals surface area contributed by atoms with E-state index in [1.807, 2.05) is 49.4 Å². The second-order valence-corrected chi connectivity index (χ2v) is 7.94. The van der Waals surface area contributed by atoms with Gasteiger partial charge in [0.1, 0.15) is 18.1 Å². The number of halogens is 2. The Labute approximate surface area is 172 Å². The summed E-state index contributed by atoms with van der Waals surface area (Å²) in [5.41, 5.74) is 3.20. The van der Waals surface area contributed by atoms with E-state index in [1.165, 1.54) is 0 Å². The second kappa shape index (κ2) is 7.88. The quantitative estimate of drug-likeness (QED) is 0.432. The van der Waals surface area contributed by atoms with Crippen molar-refractivity contribution in [1.29, 1.82) is 0 Å². The predicted octanol–water partition coefficient (Wildman–Crippen LogP) is 5.21. The number of anilines is 1. The Bertz CT molecular complexity index is 934. The molecule has 128 valence electrons. The Hall–Kier alpha value is -1.39. The summed E-state index contributed by atoms with van der Waals surface area (Å²) in [5.74, 6) is 1.02. The molecule has 0 bridgehead atoms. The third kappa shape index (κ3) is 4.24. The molecule has 0 radical (unpaired) electrons. The number of aliphatic hydroxyl groups is 1. The van der Waals surface area contributed by atoms with Gasteiger partial charge in [-0.15, -0.1) is 0 Å². The summed E-state index contributed by atoms with van der Waals surface area (Å²) < 4.78 is 7.49. The third-order valence-corrected chi connectivity index (χ3v) is 5.37. The Morgan fingerprint density at radius 3 is 2.64 bits per heavy atom. The van der Waals surface area contributed by atoms with E-state index >= 15 is 0 Å². The van der Waals surface area contributed by atoms with Crippen molar-refractivity contribution in [3.63, 3.8) is 0 Å². The molecule has 1 amide bonds. The summed E-state index contributed by atoms with van der Waals surface area (Å²) in [6, 6.07) is 15.1. The zero-order valence-corrected chi connectivity index (χ0v) is 17.7. The van der Waals surface area contributed by atoms with Crippen LogP contribution in [-0.2, 0) is 6.61 Å². The molecule has 0 unspecified atom stereocenters. The first-order valence-electron chi connectivity index (χ1n) is 7.55.